The van der Waals surface area contributed by atoms with Crippen LogP contribution in [0, 0.1) is 18.6 Å². The van der Waals surface area contributed by atoms with Gasteiger partial charge in [-0.3, -0.25) is 4.79 Å². The number of nitrogen functional groups attached to an aromatic ring is 1. The van der Waals surface area contributed by atoms with Gasteiger partial charge in [0.05, 0.1) is 17.4 Å². The number of halogens is 3. The van der Waals surface area contributed by atoms with Crippen LogP contribution in [0.25, 0.3) is 0 Å². The van der Waals surface area contributed by atoms with Crippen molar-refractivity contribution in [3.8, 4) is 0 Å². The van der Waals surface area contributed by atoms with Crippen LogP contribution in [-0.2, 0) is 0 Å². The van der Waals surface area contributed by atoms with Crippen molar-refractivity contribution in [3.05, 3.63) is 52.3 Å². The largest absolute Gasteiger partial charge is 0.398 e. The van der Waals surface area contributed by atoms with Gasteiger partial charge in [-0.15, -0.1) is 0 Å². The zero-order valence-electron chi connectivity index (χ0n) is 10.4. The number of nitrogens with one attached hydrogen (secondary N) is 1. The number of aromatic nitrogens is 1. The summed E-state index contributed by atoms with van der Waals surface area (Å²) in [5.74, 6) is -2.91. The SMILES string of the molecule is Cc1cc(NC(=O)c2cc(F)c(F)cc2N)cnc1Cl. The van der Waals surface area contributed by atoms with Crippen LogP contribution in [0.1, 0.15) is 15.9 Å². The molecule has 0 fully saturated rings. The first-order valence-corrected chi connectivity index (χ1v) is 5.94. The predicted molar refractivity (Wildman–Crippen MR) is 72.7 cm³/mol. The summed E-state index contributed by atoms with van der Waals surface area (Å²) in [5, 5.41) is 2.80. The molecule has 3 N–H and O–H groups in total. The normalized spacial score (nSPS) is 10.4. The van der Waals surface area contributed by atoms with E-state index in [-0.39, 0.29) is 11.3 Å². The van der Waals surface area contributed by atoms with Crippen LogP contribution < -0.4 is 11.1 Å². The lowest BCUT2D eigenvalue weighted by atomic mass is 10.1. The second kappa shape index (κ2) is 5.42. The molecular weight excluding hydrogens is 288 g/mol. The highest BCUT2D eigenvalue weighted by Gasteiger charge is 2.15. The number of rotatable bonds is 2. The first-order chi connectivity index (χ1) is 9.38. The quantitative estimate of drug-likeness (QED) is 0.661. The second-order valence-electron chi connectivity index (χ2n) is 4.14. The number of nitrogens with zero attached hydrogens (tertiary/aromatic N) is 1. The van der Waals surface area contributed by atoms with Crippen molar-refractivity contribution in [2.75, 3.05) is 11.1 Å². The van der Waals surface area contributed by atoms with Gasteiger partial charge in [0.1, 0.15) is 5.15 Å². The molecule has 2 aromatic rings. The topological polar surface area (TPSA) is 68.0 Å². The van der Waals surface area contributed by atoms with Crippen molar-refractivity contribution in [1.29, 1.82) is 0 Å². The monoisotopic (exact) mass is 297 g/mol. The second-order valence-corrected chi connectivity index (χ2v) is 4.50. The van der Waals surface area contributed by atoms with Gasteiger partial charge in [-0.2, -0.15) is 0 Å². The molecule has 1 aromatic carbocycles. The Hall–Kier alpha value is -2.21. The molecule has 0 aliphatic heterocycles. The molecule has 1 amide bonds. The fourth-order valence-corrected chi connectivity index (χ4v) is 1.69. The van der Waals surface area contributed by atoms with E-state index in [0.29, 0.717) is 16.4 Å². The van der Waals surface area contributed by atoms with E-state index in [2.05, 4.69) is 10.3 Å². The minimum atomic E-state index is -1.14. The van der Waals surface area contributed by atoms with Crippen LogP contribution in [0.2, 0.25) is 5.15 Å². The van der Waals surface area contributed by atoms with Crippen molar-refractivity contribution < 1.29 is 13.6 Å². The number of aryl methyl sites for hydroxylation is 1. The number of nitrogens with two attached hydrogens (primary N) is 1. The van der Waals surface area contributed by atoms with Crippen molar-refractivity contribution in [2.45, 2.75) is 6.92 Å². The van der Waals surface area contributed by atoms with E-state index in [1.807, 2.05) is 0 Å². The first-order valence-electron chi connectivity index (χ1n) is 5.56. The molecule has 0 spiro atoms. The lowest BCUT2D eigenvalue weighted by Crippen LogP contribution is -2.15. The van der Waals surface area contributed by atoms with Crippen LogP contribution in [0.5, 0.6) is 0 Å². The van der Waals surface area contributed by atoms with Gasteiger partial charge in [-0.1, -0.05) is 11.6 Å². The number of carbonyl (C=O) groups excluding carboxylic acids is 1. The fourth-order valence-electron chi connectivity index (χ4n) is 1.58. The number of carbonyl (C=O) groups is 1. The average Bonchev–Trinajstić information content (AvgIpc) is 2.38. The molecule has 20 heavy (non-hydrogen) atoms. The van der Waals surface area contributed by atoms with Crippen LogP contribution in [0.4, 0.5) is 20.2 Å². The van der Waals surface area contributed by atoms with Crippen LogP contribution in [0.15, 0.2) is 24.4 Å². The lowest BCUT2D eigenvalue weighted by Gasteiger charge is -2.09. The van der Waals surface area contributed by atoms with Crippen LogP contribution in [0.3, 0.4) is 0 Å². The van der Waals surface area contributed by atoms with Gasteiger partial charge < -0.3 is 11.1 Å². The van der Waals surface area contributed by atoms with Crippen LogP contribution >= 0.6 is 11.6 Å². The Labute approximate surface area is 118 Å². The van der Waals surface area contributed by atoms with E-state index < -0.39 is 17.5 Å². The third-order valence-corrected chi connectivity index (χ3v) is 3.01. The third-order valence-electron chi connectivity index (χ3n) is 2.61. The molecule has 7 heteroatoms. The maximum absolute atomic E-state index is 13.1. The fraction of sp³-hybridized carbons (Fsp3) is 0.0769. The molecule has 0 unspecified atom stereocenters. The molecule has 0 saturated carbocycles. The number of benzene rings is 1. The van der Waals surface area contributed by atoms with Crippen molar-refractivity contribution in [2.24, 2.45) is 0 Å². The zero-order chi connectivity index (χ0) is 14.9. The molecule has 2 rings (SSSR count). The smallest absolute Gasteiger partial charge is 0.257 e. The average molecular weight is 298 g/mol. The van der Waals surface area contributed by atoms with Gasteiger partial charge in [0.15, 0.2) is 11.6 Å². The number of amides is 1. The standard InChI is InChI=1S/C13H10ClF2N3O/c1-6-2-7(5-18-12(6)14)19-13(20)8-3-9(15)10(16)4-11(8)17/h2-5H,17H2,1H3,(H,19,20). The Morgan fingerprint density at radius 2 is 1.95 bits per heavy atom. The Kier molecular flexibility index (Phi) is 3.85. The molecule has 104 valence electrons. The summed E-state index contributed by atoms with van der Waals surface area (Å²) in [5.41, 5.74) is 6.23. The molecule has 0 radical (unpaired) electrons. The van der Waals surface area contributed by atoms with E-state index in [1.165, 1.54) is 6.20 Å². The lowest BCUT2D eigenvalue weighted by molar-refractivity contribution is 0.102. The molecule has 0 atom stereocenters. The minimum Gasteiger partial charge on any atom is -0.398 e. The Bertz CT molecular complexity index is 692. The molecule has 0 saturated heterocycles. The zero-order valence-corrected chi connectivity index (χ0v) is 11.1. The Morgan fingerprint density at radius 3 is 2.60 bits per heavy atom. The molecule has 0 aliphatic carbocycles. The third kappa shape index (κ3) is 2.85. The molecular formula is C13H10ClF2N3O. The van der Waals surface area contributed by atoms with Crippen molar-refractivity contribution in [1.82, 2.24) is 4.98 Å². The maximum Gasteiger partial charge on any atom is 0.257 e. The molecule has 1 aromatic heterocycles. The molecule has 0 bridgehead atoms. The minimum absolute atomic E-state index is 0.153. The molecule has 1 heterocycles. The molecule has 4 nitrogen and oxygen atoms in total. The number of hydrogen-bond donors (Lipinski definition) is 2. The van der Waals surface area contributed by atoms with Gasteiger partial charge in [-0.25, -0.2) is 13.8 Å². The van der Waals surface area contributed by atoms with Gasteiger partial charge in [0, 0.05) is 11.8 Å². The Balaban J connectivity index is 2.28. The highest BCUT2D eigenvalue weighted by Crippen LogP contribution is 2.20. The van der Waals surface area contributed by atoms with E-state index >= 15 is 0 Å². The number of anilines is 2. The predicted octanol–water partition coefficient (Wildman–Crippen LogP) is 3.16. The summed E-state index contributed by atoms with van der Waals surface area (Å²) in [6, 6.07) is 3.11. The summed E-state index contributed by atoms with van der Waals surface area (Å²) in [4.78, 5) is 15.8. The van der Waals surface area contributed by atoms with Crippen molar-refractivity contribution >= 4 is 28.9 Å². The van der Waals surface area contributed by atoms with Crippen molar-refractivity contribution in [3.63, 3.8) is 0 Å². The Morgan fingerprint density at radius 1 is 1.30 bits per heavy atom. The van der Waals surface area contributed by atoms with Gasteiger partial charge >= 0.3 is 0 Å². The highest BCUT2D eigenvalue weighted by molar-refractivity contribution is 6.30. The summed E-state index contributed by atoms with van der Waals surface area (Å²) in [6.45, 7) is 1.72. The maximum atomic E-state index is 13.1. The summed E-state index contributed by atoms with van der Waals surface area (Å²) < 4.78 is 26.1. The van der Waals surface area contributed by atoms with Gasteiger partial charge in [-0.05, 0) is 24.6 Å². The summed E-state index contributed by atoms with van der Waals surface area (Å²) >= 11 is 5.76. The molecule has 0 aliphatic rings. The summed E-state index contributed by atoms with van der Waals surface area (Å²) in [6.07, 6.45) is 1.35. The van der Waals surface area contributed by atoms with E-state index in [0.717, 1.165) is 12.1 Å². The highest BCUT2D eigenvalue weighted by atomic mass is 35.5. The first kappa shape index (κ1) is 14.2. The van der Waals surface area contributed by atoms with E-state index in [9.17, 15) is 13.6 Å². The number of hydrogen-bond acceptors (Lipinski definition) is 3. The summed E-state index contributed by atoms with van der Waals surface area (Å²) in [7, 11) is 0. The number of pyridine rings is 1. The van der Waals surface area contributed by atoms with Crippen LogP contribution in [-0.4, -0.2) is 10.9 Å². The van der Waals surface area contributed by atoms with Gasteiger partial charge in [0.25, 0.3) is 5.91 Å². The van der Waals surface area contributed by atoms with Gasteiger partial charge in [0.2, 0.25) is 0 Å². The van der Waals surface area contributed by atoms with E-state index in [1.54, 1.807) is 13.0 Å². The van der Waals surface area contributed by atoms with E-state index in [4.69, 9.17) is 17.3 Å².